The second-order valence-electron chi connectivity index (χ2n) is 7.42. The van der Waals surface area contributed by atoms with Crippen LogP contribution in [0.25, 0.3) is 0 Å². The highest BCUT2D eigenvalue weighted by Gasteiger charge is 2.23. The molecule has 1 heterocycles. The van der Waals surface area contributed by atoms with Crippen molar-refractivity contribution in [3.63, 3.8) is 0 Å². The van der Waals surface area contributed by atoms with Gasteiger partial charge in [0.15, 0.2) is 0 Å². The lowest BCUT2D eigenvalue weighted by Gasteiger charge is -2.24. The number of aryl methyl sites for hydroxylation is 1. The zero-order valence-corrected chi connectivity index (χ0v) is 18.8. The zero-order chi connectivity index (χ0) is 22.4. The lowest BCUT2D eigenvalue weighted by Crippen LogP contribution is -2.33. The minimum atomic E-state index is -0.383. The summed E-state index contributed by atoms with van der Waals surface area (Å²) in [6, 6.07) is 17.0. The number of H-pyrrole nitrogens is 1. The van der Waals surface area contributed by atoms with E-state index in [0.717, 1.165) is 28.8 Å². The third-order valence-corrected chi connectivity index (χ3v) is 5.53. The quantitative estimate of drug-likeness (QED) is 0.482. The first-order valence-electron chi connectivity index (χ1n) is 10.3. The van der Waals surface area contributed by atoms with E-state index in [1.165, 1.54) is 0 Å². The highest BCUT2D eigenvalue weighted by Crippen LogP contribution is 2.22. The number of halogens is 1. The number of amides is 1. The van der Waals surface area contributed by atoms with Crippen LogP contribution in [-0.2, 0) is 17.7 Å². The Morgan fingerprint density at radius 3 is 2.48 bits per heavy atom. The Kier molecular flexibility index (Phi) is 7.53. The van der Waals surface area contributed by atoms with Crippen LogP contribution in [0.3, 0.4) is 0 Å². The molecule has 1 amide bonds. The molecule has 0 bridgehead atoms. The van der Waals surface area contributed by atoms with Crippen molar-refractivity contribution in [1.29, 1.82) is 0 Å². The number of hydrogen-bond acceptors (Lipinski definition) is 3. The third kappa shape index (κ3) is 5.56. The summed E-state index contributed by atoms with van der Waals surface area (Å²) in [4.78, 5) is 30.6. The summed E-state index contributed by atoms with van der Waals surface area (Å²) in [6.45, 7) is 6.79. The molecule has 0 fully saturated rings. The van der Waals surface area contributed by atoms with Crippen molar-refractivity contribution in [2.75, 3.05) is 13.2 Å². The van der Waals surface area contributed by atoms with Gasteiger partial charge in [-0.15, -0.1) is 0 Å². The second-order valence-corrected chi connectivity index (χ2v) is 7.86. The summed E-state index contributed by atoms with van der Waals surface area (Å²) in [5.41, 5.74) is 4.71. The zero-order valence-electron chi connectivity index (χ0n) is 18.1. The number of rotatable bonds is 8. The predicted octanol–water partition coefficient (Wildman–Crippen LogP) is 5.35. The van der Waals surface area contributed by atoms with E-state index in [1.807, 2.05) is 44.2 Å². The first-order chi connectivity index (χ1) is 14.9. The molecule has 0 radical (unpaired) electrons. The van der Waals surface area contributed by atoms with Crippen LogP contribution in [0.4, 0.5) is 0 Å². The maximum absolute atomic E-state index is 13.4. The lowest BCUT2D eigenvalue weighted by atomic mass is 10.1. The van der Waals surface area contributed by atoms with E-state index >= 15 is 0 Å². The first-order valence-corrected chi connectivity index (χ1v) is 10.7. The molecule has 0 aliphatic heterocycles. The van der Waals surface area contributed by atoms with Gasteiger partial charge in [-0.05, 0) is 62.1 Å². The Labute approximate surface area is 188 Å². The molecule has 6 heteroatoms. The van der Waals surface area contributed by atoms with Crippen molar-refractivity contribution in [3.05, 3.63) is 93.3 Å². The minimum absolute atomic E-state index is 0.101. The van der Waals surface area contributed by atoms with E-state index in [9.17, 15) is 9.59 Å². The molecule has 5 nitrogen and oxygen atoms in total. The standard InChI is InChI=1S/C25H27ClN2O3/c1-4-31-25(30)23-17(2)22(18(3)27-23)16-28(14-13-19-9-6-5-7-10-19)24(29)20-11-8-12-21(26)15-20/h5-12,15,27H,4,13-14,16H2,1-3H3. The van der Waals surface area contributed by atoms with Gasteiger partial charge in [0.2, 0.25) is 0 Å². The monoisotopic (exact) mass is 438 g/mol. The Bertz CT molecular complexity index is 1060. The molecule has 0 saturated heterocycles. The van der Waals surface area contributed by atoms with Crippen molar-refractivity contribution < 1.29 is 14.3 Å². The van der Waals surface area contributed by atoms with Crippen LogP contribution in [0.1, 0.15) is 50.2 Å². The molecule has 162 valence electrons. The van der Waals surface area contributed by atoms with Crippen molar-refractivity contribution in [3.8, 4) is 0 Å². The van der Waals surface area contributed by atoms with E-state index in [2.05, 4.69) is 4.98 Å². The van der Waals surface area contributed by atoms with E-state index in [0.29, 0.717) is 36.0 Å². The number of ether oxygens (including phenoxy) is 1. The number of carbonyl (C=O) groups excluding carboxylic acids is 2. The molecule has 0 aliphatic rings. The SMILES string of the molecule is CCOC(=O)c1[nH]c(C)c(CN(CCc2ccccc2)C(=O)c2cccc(Cl)c2)c1C. The van der Waals surface area contributed by atoms with Gasteiger partial charge in [0.1, 0.15) is 5.69 Å². The molecule has 1 N–H and O–H groups in total. The van der Waals surface area contributed by atoms with Crippen molar-refractivity contribution in [1.82, 2.24) is 9.88 Å². The number of nitrogens with one attached hydrogen (secondary N) is 1. The molecule has 1 aromatic heterocycles. The normalized spacial score (nSPS) is 10.7. The molecule has 0 unspecified atom stereocenters. The fourth-order valence-corrected chi connectivity index (χ4v) is 3.78. The van der Waals surface area contributed by atoms with Gasteiger partial charge < -0.3 is 14.6 Å². The van der Waals surface area contributed by atoms with Gasteiger partial charge in [-0.25, -0.2) is 4.79 Å². The number of benzene rings is 2. The largest absolute Gasteiger partial charge is 0.461 e. The highest BCUT2D eigenvalue weighted by atomic mass is 35.5. The number of esters is 1. The van der Waals surface area contributed by atoms with Gasteiger partial charge >= 0.3 is 5.97 Å². The molecule has 0 atom stereocenters. The number of hydrogen-bond donors (Lipinski definition) is 1. The van der Waals surface area contributed by atoms with Gasteiger partial charge in [0.05, 0.1) is 6.61 Å². The van der Waals surface area contributed by atoms with Gasteiger partial charge in [-0.3, -0.25) is 4.79 Å². The van der Waals surface area contributed by atoms with Gasteiger partial charge in [0.25, 0.3) is 5.91 Å². The van der Waals surface area contributed by atoms with Crippen LogP contribution in [0.2, 0.25) is 5.02 Å². The minimum Gasteiger partial charge on any atom is -0.461 e. The molecule has 2 aromatic carbocycles. The van der Waals surface area contributed by atoms with Crippen LogP contribution in [-0.4, -0.2) is 34.9 Å². The first kappa shape index (κ1) is 22.6. The summed E-state index contributed by atoms with van der Waals surface area (Å²) >= 11 is 6.12. The molecule has 0 aliphatic carbocycles. The third-order valence-electron chi connectivity index (χ3n) is 5.29. The summed E-state index contributed by atoms with van der Waals surface area (Å²) in [5, 5.41) is 0.521. The maximum atomic E-state index is 13.4. The molecule has 0 saturated carbocycles. The Hall–Kier alpha value is -3.05. The maximum Gasteiger partial charge on any atom is 0.355 e. The van der Waals surface area contributed by atoms with Gasteiger partial charge in [-0.1, -0.05) is 48.0 Å². The number of nitrogens with zero attached hydrogens (tertiary/aromatic N) is 1. The van der Waals surface area contributed by atoms with Crippen LogP contribution in [0, 0.1) is 13.8 Å². The molecule has 0 spiro atoms. The van der Waals surface area contributed by atoms with Crippen molar-refractivity contribution in [2.24, 2.45) is 0 Å². The number of aromatic amines is 1. The van der Waals surface area contributed by atoms with Crippen molar-refractivity contribution >= 4 is 23.5 Å². The van der Waals surface area contributed by atoms with Gasteiger partial charge in [-0.2, -0.15) is 0 Å². The number of carbonyl (C=O) groups is 2. The molecular weight excluding hydrogens is 412 g/mol. The Morgan fingerprint density at radius 1 is 1.06 bits per heavy atom. The van der Waals surface area contributed by atoms with E-state index in [-0.39, 0.29) is 11.9 Å². The Balaban J connectivity index is 1.89. The second kappa shape index (κ2) is 10.3. The topological polar surface area (TPSA) is 62.4 Å². The molecule has 3 rings (SSSR count). The smallest absolute Gasteiger partial charge is 0.355 e. The van der Waals surface area contributed by atoms with Gasteiger partial charge in [0, 0.05) is 29.4 Å². The van der Waals surface area contributed by atoms with Crippen LogP contribution >= 0.6 is 11.6 Å². The average Bonchev–Trinajstić information content (AvgIpc) is 3.05. The fraction of sp³-hybridized carbons (Fsp3) is 0.280. The van der Waals surface area contributed by atoms with Crippen molar-refractivity contribution in [2.45, 2.75) is 33.7 Å². The highest BCUT2D eigenvalue weighted by molar-refractivity contribution is 6.30. The lowest BCUT2D eigenvalue weighted by molar-refractivity contribution is 0.0519. The van der Waals surface area contributed by atoms with Crippen LogP contribution in [0.15, 0.2) is 54.6 Å². The van der Waals surface area contributed by atoms with E-state index in [1.54, 1.807) is 36.1 Å². The Morgan fingerprint density at radius 2 is 1.81 bits per heavy atom. The predicted molar refractivity (Wildman–Crippen MR) is 123 cm³/mol. The summed E-state index contributed by atoms with van der Waals surface area (Å²) in [7, 11) is 0. The van der Waals surface area contributed by atoms with Crippen LogP contribution < -0.4 is 0 Å². The molecule has 3 aromatic rings. The fourth-order valence-electron chi connectivity index (χ4n) is 3.59. The van der Waals surface area contributed by atoms with E-state index < -0.39 is 0 Å². The molecular formula is C25H27ClN2O3. The summed E-state index contributed by atoms with van der Waals surface area (Å²) < 4.78 is 5.15. The van der Waals surface area contributed by atoms with E-state index in [4.69, 9.17) is 16.3 Å². The summed E-state index contributed by atoms with van der Waals surface area (Å²) in [6.07, 6.45) is 0.723. The average molecular weight is 439 g/mol. The molecule has 31 heavy (non-hydrogen) atoms. The summed E-state index contributed by atoms with van der Waals surface area (Å²) in [5.74, 6) is -0.484. The van der Waals surface area contributed by atoms with Crippen LogP contribution in [0.5, 0.6) is 0 Å². The number of aromatic nitrogens is 1.